The maximum Gasteiger partial charge on any atom is 0.0946 e. The number of rotatable bonds is 5. The zero-order valence-corrected chi connectivity index (χ0v) is 17.2. The van der Waals surface area contributed by atoms with Crippen molar-refractivity contribution in [2.24, 2.45) is 0 Å². The Balaban J connectivity index is 1.74. The molecule has 0 bridgehead atoms. The zero-order valence-electron chi connectivity index (χ0n) is 14.1. The third kappa shape index (κ3) is 4.27. The molecular formula is C21H15Cl3N2S. The van der Waals surface area contributed by atoms with Gasteiger partial charge in [-0.05, 0) is 34.5 Å². The fourth-order valence-electron chi connectivity index (χ4n) is 2.99. The minimum absolute atomic E-state index is 0.111. The van der Waals surface area contributed by atoms with E-state index < -0.39 is 0 Å². The summed E-state index contributed by atoms with van der Waals surface area (Å²) < 4.78 is 2.06. The Hall–Kier alpha value is -1.65. The molecule has 1 unspecified atom stereocenters. The minimum Gasteiger partial charge on any atom is -0.336 e. The highest BCUT2D eigenvalue weighted by Crippen LogP contribution is 2.45. The highest BCUT2D eigenvalue weighted by molar-refractivity contribution is 7.99. The molecule has 0 saturated heterocycles. The second-order valence-corrected chi connectivity index (χ2v) is 8.63. The molecule has 1 atom stereocenters. The average molecular weight is 434 g/mol. The van der Waals surface area contributed by atoms with Crippen LogP contribution in [0.2, 0.25) is 15.1 Å². The number of hydrogen-bond acceptors (Lipinski definition) is 2. The van der Waals surface area contributed by atoms with Gasteiger partial charge in [0.25, 0.3) is 0 Å². The van der Waals surface area contributed by atoms with Gasteiger partial charge in [0.2, 0.25) is 0 Å². The van der Waals surface area contributed by atoms with Crippen LogP contribution in [0.5, 0.6) is 0 Å². The Morgan fingerprint density at radius 2 is 1.67 bits per heavy atom. The summed E-state index contributed by atoms with van der Waals surface area (Å²) in [6.07, 6.45) is 5.56. The molecule has 1 aromatic heterocycles. The Bertz CT molecular complexity index is 1060. The molecule has 0 aliphatic carbocycles. The predicted molar refractivity (Wildman–Crippen MR) is 116 cm³/mol. The van der Waals surface area contributed by atoms with Crippen LogP contribution >= 0.6 is 46.6 Å². The van der Waals surface area contributed by atoms with Crippen LogP contribution in [0.15, 0.2) is 78.2 Å². The third-order valence-electron chi connectivity index (χ3n) is 4.30. The molecule has 136 valence electrons. The fraction of sp³-hybridized carbons (Fsp3) is 0.0952. The number of thioether (sulfide) groups is 1. The first-order valence-corrected chi connectivity index (χ1v) is 10.4. The zero-order chi connectivity index (χ0) is 18.8. The lowest BCUT2D eigenvalue weighted by atomic mass is 10.0. The third-order valence-corrected chi connectivity index (χ3v) is 6.72. The minimum atomic E-state index is 0.111. The van der Waals surface area contributed by atoms with Crippen LogP contribution in [-0.2, 0) is 6.54 Å². The summed E-state index contributed by atoms with van der Waals surface area (Å²) in [4.78, 5) is 4.99. The van der Waals surface area contributed by atoms with Crippen molar-refractivity contribution in [2.45, 2.75) is 16.7 Å². The van der Waals surface area contributed by atoms with E-state index in [0.29, 0.717) is 15.1 Å². The molecule has 4 aromatic rings. The summed E-state index contributed by atoms with van der Waals surface area (Å²) >= 11 is 20.6. The van der Waals surface area contributed by atoms with Crippen LogP contribution in [0.25, 0.3) is 10.8 Å². The number of hydrogen-bond donors (Lipinski definition) is 0. The van der Waals surface area contributed by atoms with Gasteiger partial charge < -0.3 is 4.57 Å². The smallest absolute Gasteiger partial charge is 0.0946 e. The van der Waals surface area contributed by atoms with E-state index in [4.69, 9.17) is 34.8 Å². The molecule has 0 aliphatic rings. The highest BCUT2D eigenvalue weighted by atomic mass is 35.5. The van der Waals surface area contributed by atoms with E-state index >= 15 is 0 Å². The average Bonchev–Trinajstić information content (AvgIpc) is 3.16. The van der Waals surface area contributed by atoms with Gasteiger partial charge in [0.05, 0.1) is 21.6 Å². The Labute approximate surface area is 177 Å². The molecule has 2 nitrogen and oxygen atoms in total. The van der Waals surface area contributed by atoms with E-state index in [2.05, 4.69) is 45.9 Å². The van der Waals surface area contributed by atoms with Gasteiger partial charge in [0.15, 0.2) is 0 Å². The number of nitrogens with zero attached hydrogens (tertiary/aromatic N) is 2. The molecule has 0 N–H and O–H groups in total. The van der Waals surface area contributed by atoms with Gasteiger partial charge in [-0.15, -0.1) is 11.8 Å². The van der Waals surface area contributed by atoms with Gasteiger partial charge in [-0.25, -0.2) is 4.98 Å². The van der Waals surface area contributed by atoms with Crippen molar-refractivity contribution in [3.8, 4) is 0 Å². The standard InChI is InChI=1S/C21H15Cl3N2S/c22-17-10-18(23)21(19(24)11-17)27-20(12-26-8-7-25-13-26)16-6-5-14-3-1-2-4-15(14)9-16/h1-11,13,20H,12H2. The predicted octanol–water partition coefficient (Wildman–Crippen LogP) is 7.53. The van der Waals surface area contributed by atoms with Gasteiger partial charge in [-0.3, -0.25) is 0 Å². The van der Waals surface area contributed by atoms with E-state index in [1.165, 1.54) is 16.3 Å². The number of imidazole rings is 1. The summed E-state index contributed by atoms with van der Waals surface area (Å²) in [5.41, 5.74) is 1.20. The second-order valence-electron chi connectivity index (χ2n) is 6.17. The Kier molecular flexibility index (Phi) is 5.65. The van der Waals surface area contributed by atoms with E-state index in [9.17, 15) is 0 Å². The monoisotopic (exact) mass is 432 g/mol. The van der Waals surface area contributed by atoms with Crippen molar-refractivity contribution >= 4 is 57.3 Å². The van der Waals surface area contributed by atoms with Crippen molar-refractivity contribution in [1.29, 1.82) is 0 Å². The lowest BCUT2D eigenvalue weighted by Crippen LogP contribution is -2.05. The molecule has 0 radical (unpaired) electrons. The number of halogens is 3. The number of fused-ring (bicyclic) bond motifs is 1. The van der Waals surface area contributed by atoms with E-state index in [1.807, 2.05) is 18.6 Å². The Morgan fingerprint density at radius 1 is 0.926 bits per heavy atom. The Morgan fingerprint density at radius 3 is 2.37 bits per heavy atom. The molecule has 0 amide bonds. The fourth-order valence-corrected chi connectivity index (χ4v) is 5.23. The van der Waals surface area contributed by atoms with Gasteiger partial charge in [-0.1, -0.05) is 71.2 Å². The van der Waals surface area contributed by atoms with Crippen molar-refractivity contribution in [3.05, 3.63) is 93.9 Å². The van der Waals surface area contributed by atoms with Crippen LogP contribution in [0.1, 0.15) is 10.8 Å². The van der Waals surface area contributed by atoms with Crippen LogP contribution in [0.3, 0.4) is 0 Å². The van der Waals surface area contributed by atoms with Crippen LogP contribution in [-0.4, -0.2) is 9.55 Å². The molecule has 1 heterocycles. The highest BCUT2D eigenvalue weighted by Gasteiger charge is 2.19. The van der Waals surface area contributed by atoms with Crippen molar-refractivity contribution in [2.75, 3.05) is 0 Å². The quantitative estimate of drug-likeness (QED) is 0.303. The van der Waals surface area contributed by atoms with Crippen LogP contribution in [0, 0.1) is 0 Å². The molecule has 0 fully saturated rings. The number of benzene rings is 3. The summed E-state index contributed by atoms with van der Waals surface area (Å²) in [5.74, 6) is 0. The molecule has 27 heavy (non-hydrogen) atoms. The summed E-state index contributed by atoms with van der Waals surface area (Å²) in [5, 5.41) is 4.20. The maximum atomic E-state index is 6.43. The maximum absolute atomic E-state index is 6.43. The molecule has 6 heteroatoms. The molecule has 4 rings (SSSR count). The van der Waals surface area contributed by atoms with E-state index in [0.717, 1.165) is 11.4 Å². The van der Waals surface area contributed by atoms with Crippen molar-refractivity contribution in [3.63, 3.8) is 0 Å². The van der Waals surface area contributed by atoms with Crippen LogP contribution in [0.4, 0.5) is 0 Å². The first-order chi connectivity index (χ1) is 13.1. The topological polar surface area (TPSA) is 17.8 Å². The largest absolute Gasteiger partial charge is 0.336 e. The van der Waals surface area contributed by atoms with Gasteiger partial charge in [0.1, 0.15) is 0 Å². The van der Waals surface area contributed by atoms with E-state index in [-0.39, 0.29) is 5.25 Å². The van der Waals surface area contributed by atoms with E-state index in [1.54, 1.807) is 30.1 Å². The molecule has 0 spiro atoms. The van der Waals surface area contributed by atoms with Crippen LogP contribution < -0.4 is 0 Å². The van der Waals surface area contributed by atoms with Crippen molar-refractivity contribution < 1.29 is 0 Å². The first-order valence-electron chi connectivity index (χ1n) is 8.36. The lowest BCUT2D eigenvalue weighted by molar-refractivity contribution is 0.684. The SMILES string of the molecule is Clc1cc(Cl)c(SC(Cn2ccnc2)c2ccc3ccccc3c2)c(Cl)c1. The molecular weight excluding hydrogens is 419 g/mol. The molecule has 3 aromatic carbocycles. The number of aromatic nitrogens is 2. The summed E-state index contributed by atoms with van der Waals surface area (Å²) in [6.45, 7) is 0.748. The summed E-state index contributed by atoms with van der Waals surface area (Å²) in [6, 6.07) is 18.3. The molecule has 0 aliphatic heterocycles. The first kappa shape index (κ1) is 18.7. The van der Waals surface area contributed by atoms with Crippen molar-refractivity contribution in [1.82, 2.24) is 9.55 Å². The van der Waals surface area contributed by atoms with Gasteiger partial charge in [0, 0.05) is 28.9 Å². The normalized spacial score (nSPS) is 12.4. The lowest BCUT2D eigenvalue weighted by Gasteiger charge is -2.20. The van der Waals surface area contributed by atoms with Gasteiger partial charge >= 0.3 is 0 Å². The molecule has 0 saturated carbocycles. The summed E-state index contributed by atoms with van der Waals surface area (Å²) in [7, 11) is 0. The van der Waals surface area contributed by atoms with Gasteiger partial charge in [-0.2, -0.15) is 0 Å². The second kappa shape index (κ2) is 8.15.